The predicted molar refractivity (Wildman–Crippen MR) is 215 cm³/mol. The highest BCUT2D eigenvalue weighted by molar-refractivity contribution is 5.98. The smallest absolute Gasteiger partial charge is 0.336 e. The van der Waals surface area contributed by atoms with Crippen LogP contribution in [0.1, 0.15) is 25.7 Å². The van der Waals surface area contributed by atoms with Crippen molar-refractivity contribution in [1.29, 1.82) is 0 Å². The first-order chi connectivity index (χ1) is 27.5. The van der Waals surface area contributed by atoms with E-state index in [9.17, 15) is 9.59 Å². The standard InChI is InChI=1S/C46H44N4O6/c51-45(55-41-25-47-39-23-33(5-11-37(39)41)29-1-7-35(8-2-29)53-43-27-49-19-15-31(43)16-20-49)13-14-46(52)56-42-26-48-40-24-34(6-12-38(40)42)30-3-9-36(10-4-30)54-44-28-50-21-17-32(44)18-22-50/h1-14,23-26,31-32,43-44,47-48H,15-22,27-28H2/b14-13+. The van der Waals surface area contributed by atoms with Crippen LogP contribution in [0, 0.1) is 11.8 Å². The lowest BCUT2D eigenvalue weighted by molar-refractivity contribution is -0.131. The van der Waals surface area contributed by atoms with E-state index >= 15 is 0 Å². The van der Waals surface area contributed by atoms with Crippen molar-refractivity contribution >= 4 is 33.7 Å². The zero-order chi connectivity index (χ0) is 37.6. The van der Waals surface area contributed by atoms with Gasteiger partial charge in [0.05, 0.1) is 0 Å². The van der Waals surface area contributed by atoms with Crippen LogP contribution in [0.25, 0.3) is 44.1 Å². The third kappa shape index (κ3) is 7.06. The van der Waals surface area contributed by atoms with E-state index in [1.54, 1.807) is 12.4 Å². The summed E-state index contributed by atoms with van der Waals surface area (Å²) in [6.07, 6.45) is 10.9. The van der Waals surface area contributed by atoms with Crippen molar-refractivity contribution in [3.8, 4) is 45.3 Å². The van der Waals surface area contributed by atoms with Gasteiger partial charge in [0.1, 0.15) is 23.7 Å². The van der Waals surface area contributed by atoms with Gasteiger partial charge in [0, 0.05) is 59.4 Å². The van der Waals surface area contributed by atoms with Crippen LogP contribution in [-0.4, -0.2) is 83.2 Å². The van der Waals surface area contributed by atoms with Gasteiger partial charge in [-0.05, 0) is 134 Å². The van der Waals surface area contributed by atoms with Crippen LogP contribution in [0.2, 0.25) is 0 Å². The Kier molecular flexibility index (Phi) is 9.07. The highest BCUT2D eigenvalue weighted by Gasteiger charge is 2.36. The Morgan fingerprint density at radius 3 is 1.30 bits per heavy atom. The molecule has 2 atom stereocenters. The van der Waals surface area contributed by atoms with Crippen LogP contribution >= 0.6 is 0 Å². The molecule has 0 saturated carbocycles. The van der Waals surface area contributed by atoms with E-state index in [4.69, 9.17) is 18.9 Å². The zero-order valence-electron chi connectivity index (χ0n) is 31.1. The summed E-state index contributed by atoms with van der Waals surface area (Å²) in [6.45, 7) is 6.80. The van der Waals surface area contributed by atoms with Gasteiger partial charge in [-0.25, -0.2) is 9.59 Å². The Morgan fingerprint density at radius 2 is 0.929 bits per heavy atom. The molecule has 284 valence electrons. The minimum atomic E-state index is -0.686. The number of hydrogen-bond acceptors (Lipinski definition) is 8. The number of benzene rings is 4. The number of piperidine rings is 6. The number of ether oxygens (including phenoxy) is 4. The van der Waals surface area contributed by atoms with Gasteiger partial charge in [0.15, 0.2) is 11.5 Å². The number of carbonyl (C=O) groups excluding carboxylic acids is 2. The van der Waals surface area contributed by atoms with Crippen molar-refractivity contribution in [3.63, 3.8) is 0 Å². The van der Waals surface area contributed by atoms with E-state index in [0.717, 1.165) is 80.8 Å². The third-order valence-corrected chi connectivity index (χ3v) is 12.2. The molecule has 6 fully saturated rings. The first kappa shape index (κ1) is 34.6. The molecule has 56 heavy (non-hydrogen) atoms. The van der Waals surface area contributed by atoms with E-state index in [0.29, 0.717) is 23.3 Å². The second kappa shape index (κ2) is 14.7. The highest BCUT2D eigenvalue weighted by Crippen LogP contribution is 2.35. The molecule has 10 heteroatoms. The molecule has 8 heterocycles. The number of nitrogens with zero attached hydrogens (tertiary/aromatic N) is 2. The Balaban J connectivity index is 0.734. The Bertz CT molecular complexity index is 2250. The average Bonchev–Trinajstić information content (AvgIpc) is 3.84. The third-order valence-electron chi connectivity index (χ3n) is 12.2. The van der Waals surface area contributed by atoms with E-state index in [2.05, 4.69) is 44.0 Å². The fourth-order valence-corrected chi connectivity index (χ4v) is 9.04. The monoisotopic (exact) mass is 748 g/mol. The number of aromatic nitrogens is 2. The maximum atomic E-state index is 12.7. The molecular weight excluding hydrogens is 705 g/mol. The Hall–Kier alpha value is -5.84. The van der Waals surface area contributed by atoms with Crippen molar-refractivity contribution in [2.45, 2.75) is 37.9 Å². The Labute approximate surface area is 325 Å². The molecule has 6 aliphatic rings. The number of carbonyl (C=O) groups is 2. The lowest BCUT2D eigenvalue weighted by atomic mass is 9.86. The fourth-order valence-electron chi connectivity index (χ4n) is 9.04. The molecule has 2 unspecified atom stereocenters. The lowest BCUT2D eigenvalue weighted by Gasteiger charge is -2.44. The highest BCUT2D eigenvalue weighted by atomic mass is 16.5. The molecular formula is C46H44N4O6. The van der Waals surface area contributed by atoms with Gasteiger partial charge in [0.2, 0.25) is 0 Å². The molecule has 0 amide bonds. The second-order valence-electron chi connectivity index (χ2n) is 15.6. The number of fused-ring (bicyclic) bond motifs is 8. The van der Waals surface area contributed by atoms with Gasteiger partial charge < -0.3 is 28.9 Å². The molecule has 4 aromatic carbocycles. The number of hydrogen-bond donors (Lipinski definition) is 2. The molecule has 4 bridgehead atoms. The molecule has 0 radical (unpaired) electrons. The number of aromatic amines is 2. The quantitative estimate of drug-likeness (QED) is 0.107. The van der Waals surface area contributed by atoms with Crippen molar-refractivity contribution in [2.75, 3.05) is 39.3 Å². The number of esters is 2. The van der Waals surface area contributed by atoms with Crippen LogP contribution in [0.3, 0.4) is 0 Å². The van der Waals surface area contributed by atoms with Gasteiger partial charge in [-0.3, -0.25) is 9.80 Å². The topological polar surface area (TPSA) is 109 Å². The number of rotatable bonds is 10. The summed E-state index contributed by atoms with van der Waals surface area (Å²) in [7, 11) is 0. The molecule has 6 aromatic rings. The van der Waals surface area contributed by atoms with Crippen LogP contribution < -0.4 is 18.9 Å². The van der Waals surface area contributed by atoms with Gasteiger partial charge in [0.25, 0.3) is 0 Å². The summed E-state index contributed by atoms with van der Waals surface area (Å²) < 4.78 is 23.9. The summed E-state index contributed by atoms with van der Waals surface area (Å²) in [5.41, 5.74) is 5.84. The molecule has 0 aliphatic carbocycles. The average molecular weight is 749 g/mol. The van der Waals surface area contributed by atoms with Gasteiger partial charge in [-0.15, -0.1) is 0 Å². The van der Waals surface area contributed by atoms with Crippen LogP contribution in [0.15, 0.2) is 109 Å². The lowest BCUT2D eigenvalue weighted by Crippen LogP contribution is -2.52. The van der Waals surface area contributed by atoms with Crippen LogP contribution in [0.4, 0.5) is 0 Å². The normalized spacial score (nSPS) is 24.1. The van der Waals surface area contributed by atoms with E-state index in [1.807, 2.05) is 60.7 Å². The molecule has 2 N–H and O–H groups in total. The maximum Gasteiger partial charge on any atom is 0.336 e. The minimum Gasteiger partial charge on any atom is -0.489 e. The summed E-state index contributed by atoms with van der Waals surface area (Å²) in [5, 5.41) is 1.51. The van der Waals surface area contributed by atoms with E-state index < -0.39 is 11.9 Å². The molecule has 0 spiro atoms. The molecule has 6 saturated heterocycles. The molecule has 6 aliphatic heterocycles. The largest absolute Gasteiger partial charge is 0.489 e. The van der Waals surface area contributed by atoms with Crippen molar-refractivity contribution < 1.29 is 28.5 Å². The summed E-state index contributed by atoms with van der Waals surface area (Å²) in [5.74, 6) is 2.48. The van der Waals surface area contributed by atoms with Crippen LogP contribution in [0.5, 0.6) is 23.0 Å². The first-order valence-corrected chi connectivity index (χ1v) is 19.8. The van der Waals surface area contributed by atoms with Crippen molar-refractivity contribution in [1.82, 2.24) is 19.8 Å². The maximum absolute atomic E-state index is 12.7. The Morgan fingerprint density at radius 1 is 0.536 bits per heavy atom. The SMILES string of the molecule is O=C(/C=C/C(=O)Oc1c[nH]c2cc(-c3ccc(OC4CN5CCC4CC5)cc3)ccc12)Oc1c[nH]c2cc(-c3ccc(OC4CN5CCC4CC5)cc3)ccc12. The van der Waals surface area contributed by atoms with Crippen molar-refractivity contribution in [2.24, 2.45) is 11.8 Å². The molecule has 10 nitrogen and oxygen atoms in total. The second-order valence-corrected chi connectivity index (χ2v) is 15.6. The molecule has 12 rings (SSSR count). The van der Waals surface area contributed by atoms with Gasteiger partial charge in [-0.1, -0.05) is 36.4 Å². The van der Waals surface area contributed by atoms with Crippen molar-refractivity contribution in [3.05, 3.63) is 109 Å². The summed E-state index contributed by atoms with van der Waals surface area (Å²) >= 11 is 0. The van der Waals surface area contributed by atoms with Crippen LogP contribution in [-0.2, 0) is 9.59 Å². The summed E-state index contributed by atoms with van der Waals surface area (Å²) in [6, 6.07) is 28.4. The number of H-pyrrole nitrogens is 2. The number of nitrogens with one attached hydrogen (secondary N) is 2. The zero-order valence-corrected chi connectivity index (χ0v) is 31.1. The fraction of sp³-hybridized carbons (Fsp3) is 0.304. The minimum absolute atomic E-state index is 0.268. The van der Waals surface area contributed by atoms with E-state index in [-0.39, 0.29) is 12.2 Å². The van der Waals surface area contributed by atoms with Gasteiger partial charge in [-0.2, -0.15) is 0 Å². The summed E-state index contributed by atoms with van der Waals surface area (Å²) in [4.78, 5) is 36.9. The van der Waals surface area contributed by atoms with Gasteiger partial charge >= 0.3 is 11.9 Å². The van der Waals surface area contributed by atoms with E-state index in [1.165, 1.54) is 51.9 Å². The first-order valence-electron chi connectivity index (χ1n) is 19.8. The molecule has 2 aromatic heterocycles. The predicted octanol–water partition coefficient (Wildman–Crippen LogP) is 8.00.